The predicted octanol–water partition coefficient (Wildman–Crippen LogP) is 2.72. The van der Waals surface area contributed by atoms with Gasteiger partial charge in [-0.2, -0.15) is 5.10 Å². The summed E-state index contributed by atoms with van der Waals surface area (Å²) in [6, 6.07) is 10.8. The van der Waals surface area contributed by atoms with Crippen LogP contribution in [0, 0.1) is 6.92 Å². The molecule has 0 radical (unpaired) electrons. The molecule has 1 unspecified atom stereocenters. The quantitative estimate of drug-likeness (QED) is 0.790. The van der Waals surface area contributed by atoms with Gasteiger partial charge in [0.2, 0.25) is 5.91 Å². The number of piperazine rings is 1. The van der Waals surface area contributed by atoms with Gasteiger partial charge in [-0.15, -0.1) is 24.8 Å². The summed E-state index contributed by atoms with van der Waals surface area (Å²) in [5.74, 6) is 0.738. The van der Waals surface area contributed by atoms with Crippen LogP contribution in [0.4, 0.5) is 5.82 Å². The van der Waals surface area contributed by atoms with E-state index in [1.54, 1.807) is 4.68 Å². The van der Waals surface area contributed by atoms with Crippen molar-refractivity contribution in [1.82, 2.24) is 20.0 Å². The van der Waals surface area contributed by atoms with Crippen LogP contribution >= 0.6 is 24.8 Å². The fourth-order valence-electron chi connectivity index (χ4n) is 3.33. The molecular weight excluding hydrogens is 385 g/mol. The summed E-state index contributed by atoms with van der Waals surface area (Å²) in [7, 11) is 1.84. The number of hydrogen-bond donors (Lipinski definition) is 2. The topological polar surface area (TPSA) is 62.2 Å². The van der Waals surface area contributed by atoms with Crippen molar-refractivity contribution >= 4 is 36.5 Å². The highest BCUT2D eigenvalue weighted by molar-refractivity contribution is 5.91. The number of nitrogens with one attached hydrogen (secondary N) is 2. The van der Waals surface area contributed by atoms with Crippen molar-refractivity contribution in [3.05, 3.63) is 47.2 Å². The summed E-state index contributed by atoms with van der Waals surface area (Å²) in [6.45, 7) is 7.09. The van der Waals surface area contributed by atoms with Gasteiger partial charge in [-0.3, -0.25) is 14.4 Å². The van der Waals surface area contributed by atoms with Crippen LogP contribution in [-0.2, 0) is 18.3 Å². The lowest BCUT2D eigenvalue weighted by Gasteiger charge is -2.36. The fraction of sp³-hybridized carbons (Fsp3) is 0.474. The average Bonchev–Trinajstić information content (AvgIpc) is 2.92. The Balaban J connectivity index is 0.00000182. The van der Waals surface area contributed by atoms with Gasteiger partial charge in [0, 0.05) is 38.8 Å². The maximum absolute atomic E-state index is 12.5. The first-order valence-corrected chi connectivity index (χ1v) is 8.91. The monoisotopic (exact) mass is 413 g/mol. The van der Waals surface area contributed by atoms with Gasteiger partial charge in [-0.25, -0.2) is 0 Å². The van der Waals surface area contributed by atoms with Crippen LogP contribution in [0.15, 0.2) is 30.3 Å². The number of anilines is 1. The first-order chi connectivity index (χ1) is 12.1. The minimum atomic E-state index is 0. The molecule has 1 saturated heterocycles. The van der Waals surface area contributed by atoms with Crippen LogP contribution in [0.5, 0.6) is 0 Å². The summed E-state index contributed by atoms with van der Waals surface area (Å²) >= 11 is 0. The van der Waals surface area contributed by atoms with Crippen LogP contribution in [0.25, 0.3) is 0 Å². The lowest BCUT2D eigenvalue weighted by atomic mass is 10.0. The molecule has 3 rings (SSSR count). The molecule has 150 valence electrons. The summed E-state index contributed by atoms with van der Waals surface area (Å²) in [4.78, 5) is 14.8. The second kappa shape index (κ2) is 10.7. The molecule has 1 atom stereocenters. The molecule has 2 N–H and O–H groups in total. The molecule has 1 amide bonds. The zero-order valence-electron chi connectivity index (χ0n) is 16.1. The number of nitrogens with zero attached hydrogens (tertiary/aromatic N) is 3. The van der Waals surface area contributed by atoms with Crippen LogP contribution < -0.4 is 10.6 Å². The van der Waals surface area contributed by atoms with Gasteiger partial charge in [0.25, 0.3) is 0 Å². The van der Waals surface area contributed by atoms with E-state index in [0.29, 0.717) is 6.54 Å². The summed E-state index contributed by atoms with van der Waals surface area (Å²) in [5, 5.41) is 10.7. The van der Waals surface area contributed by atoms with E-state index in [-0.39, 0.29) is 36.8 Å². The van der Waals surface area contributed by atoms with E-state index < -0.39 is 0 Å². The minimum absolute atomic E-state index is 0. The van der Waals surface area contributed by atoms with E-state index in [1.165, 1.54) is 11.1 Å². The number of benzene rings is 1. The molecular formula is C19H29Cl2N5O. The third-order valence-electron chi connectivity index (χ3n) is 4.74. The lowest BCUT2D eigenvalue weighted by molar-refractivity contribution is -0.118. The third-order valence-corrected chi connectivity index (χ3v) is 4.74. The smallest absolute Gasteiger partial charge is 0.239 e. The zero-order valence-corrected chi connectivity index (χ0v) is 17.7. The average molecular weight is 414 g/mol. The molecule has 1 aliphatic heterocycles. The molecule has 27 heavy (non-hydrogen) atoms. The zero-order chi connectivity index (χ0) is 17.8. The number of aromatic nitrogens is 2. The SMILES string of the molecule is CCc1ccc(C2CNCCN2CC(=O)Nc2cc(C)nn2C)cc1.Cl.Cl. The molecule has 0 saturated carbocycles. The van der Waals surface area contributed by atoms with Crippen molar-refractivity contribution < 1.29 is 4.79 Å². The predicted molar refractivity (Wildman–Crippen MR) is 114 cm³/mol. The van der Waals surface area contributed by atoms with E-state index in [1.807, 2.05) is 20.0 Å². The third kappa shape index (κ3) is 5.94. The Hall–Kier alpha value is -1.60. The van der Waals surface area contributed by atoms with E-state index >= 15 is 0 Å². The maximum atomic E-state index is 12.5. The Morgan fingerprint density at radius 3 is 2.59 bits per heavy atom. The summed E-state index contributed by atoms with van der Waals surface area (Å²) < 4.78 is 1.70. The maximum Gasteiger partial charge on any atom is 0.239 e. The highest BCUT2D eigenvalue weighted by Gasteiger charge is 2.25. The molecule has 1 aliphatic rings. The first-order valence-electron chi connectivity index (χ1n) is 8.91. The largest absolute Gasteiger partial charge is 0.314 e. The van der Waals surface area contributed by atoms with Gasteiger partial charge >= 0.3 is 0 Å². The van der Waals surface area contributed by atoms with Gasteiger partial charge in [-0.1, -0.05) is 31.2 Å². The number of hydrogen-bond acceptors (Lipinski definition) is 4. The molecule has 0 bridgehead atoms. The van der Waals surface area contributed by atoms with Gasteiger partial charge < -0.3 is 10.6 Å². The number of carbonyl (C=O) groups is 1. The fourth-order valence-corrected chi connectivity index (χ4v) is 3.33. The van der Waals surface area contributed by atoms with Gasteiger partial charge in [-0.05, 0) is 24.5 Å². The molecule has 2 aromatic rings. The molecule has 1 aromatic heterocycles. The van der Waals surface area contributed by atoms with Gasteiger partial charge in [0.1, 0.15) is 5.82 Å². The van der Waals surface area contributed by atoms with E-state index in [0.717, 1.165) is 37.6 Å². The number of carbonyl (C=O) groups excluding carboxylic acids is 1. The second-order valence-electron chi connectivity index (χ2n) is 6.63. The molecule has 1 aromatic carbocycles. The van der Waals surface area contributed by atoms with Crippen LogP contribution in [-0.4, -0.2) is 46.8 Å². The number of amides is 1. The molecule has 8 heteroatoms. The van der Waals surface area contributed by atoms with E-state index in [4.69, 9.17) is 0 Å². The Labute approximate surface area is 173 Å². The van der Waals surface area contributed by atoms with Crippen molar-refractivity contribution in [2.45, 2.75) is 26.3 Å². The standard InChI is InChI=1S/C19H27N5O.2ClH/c1-4-15-5-7-16(8-6-15)17-12-20-9-10-24(17)13-19(25)21-18-11-14(2)22-23(18)3;;/h5-8,11,17,20H,4,9-10,12-13H2,1-3H3,(H,21,25);2*1H. The Morgan fingerprint density at radius 1 is 1.30 bits per heavy atom. The molecule has 0 aliphatic carbocycles. The van der Waals surface area contributed by atoms with Crippen molar-refractivity contribution in [3.8, 4) is 0 Å². The van der Waals surface area contributed by atoms with E-state index in [2.05, 4.69) is 51.8 Å². The second-order valence-corrected chi connectivity index (χ2v) is 6.63. The normalized spacial score (nSPS) is 16.9. The minimum Gasteiger partial charge on any atom is -0.314 e. The molecule has 1 fully saturated rings. The Kier molecular flexibility index (Phi) is 9.26. The first kappa shape index (κ1) is 23.4. The van der Waals surface area contributed by atoms with Crippen LogP contribution in [0.1, 0.15) is 29.8 Å². The summed E-state index contributed by atoms with van der Waals surface area (Å²) in [6.07, 6.45) is 1.04. The Morgan fingerprint density at radius 2 is 2.00 bits per heavy atom. The van der Waals surface area contributed by atoms with Crippen molar-refractivity contribution in [2.24, 2.45) is 7.05 Å². The van der Waals surface area contributed by atoms with Gasteiger partial charge in [0.15, 0.2) is 0 Å². The number of aryl methyl sites for hydroxylation is 3. The highest BCUT2D eigenvalue weighted by atomic mass is 35.5. The van der Waals surface area contributed by atoms with Crippen molar-refractivity contribution in [3.63, 3.8) is 0 Å². The molecule has 2 heterocycles. The molecule has 0 spiro atoms. The van der Waals surface area contributed by atoms with Crippen molar-refractivity contribution in [2.75, 3.05) is 31.5 Å². The number of halogens is 2. The van der Waals surface area contributed by atoms with Crippen LogP contribution in [0.2, 0.25) is 0 Å². The lowest BCUT2D eigenvalue weighted by Crippen LogP contribution is -2.48. The highest BCUT2D eigenvalue weighted by Crippen LogP contribution is 2.22. The molecule has 6 nitrogen and oxygen atoms in total. The van der Waals surface area contributed by atoms with Crippen molar-refractivity contribution in [1.29, 1.82) is 0 Å². The number of rotatable bonds is 5. The van der Waals surface area contributed by atoms with Crippen LogP contribution in [0.3, 0.4) is 0 Å². The van der Waals surface area contributed by atoms with E-state index in [9.17, 15) is 4.79 Å². The Bertz CT molecular complexity index is 732. The van der Waals surface area contributed by atoms with Gasteiger partial charge in [0.05, 0.1) is 12.2 Å². The summed E-state index contributed by atoms with van der Waals surface area (Å²) in [5.41, 5.74) is 3.49.